The Morgan fingerprint density at radius 3 is 2.91 bits per heavy atom. The minimum Gasteiger partial charge on any atom is -0.396 e. The molecule has 0 amide bonds. The highest BCUT2D eigenvalue weighted by Crippen LogP contribution is 2.25. The Kier molecular flexibility index (Phi) is 1.36. The third-order valence-corrected chi connectivity index (χ3v) is 2.14. The minimum absolute atomic E-state index is 0.661. The molecule has 0 aromatic carbocycles. The highest BCUT2D eigenvalue weighted by atomic mass is 32.1. The first-order chi connectivity index (χ1) is 5.38. The molecule has 0 aliphatic rings. The van der Waals surface area contributed by atoms with E-state index in [0.717, 1.165) is 10.6 Å². The first-order valence-corrected chi connectivity index (χ1v) is 3.93. The van der Waals surface area contributed by atoms with Crippen LogP contribution >= 0.6 is 11.3 Å². The number of nitrogens with one attached hydrogen (secondary N) is 1. The van der Waals surface area contributed by atoms with Crippen LogP contribution in [-0.4, -0.2) is 15.2 Å². The number of nitrogens with zero attached hydrogens (tertiary/aromatic N) is 2. The molecule has 0 saturated heterocycles. The third-order valence-electron chi connectivity index (χ3n) is 1.35. The topological polar surface area (TPSA) is 67.6 Å². The van der Waals surface area contributed by atoms with Crippen LogP contribution in [-0.2, 0) is 0 Å². The summed E-state index contributed by atoms with van der Waals surface area (Å²) < 4.78 is 0. The number of anilines is 1. The number of nitrogen functional groups attached to an aromatic ring is 1. The summed E-state index contributed by atoms with van der Waals surface area (Å²) in [6.45, 7) is 0. The van der Waals surface area contributed by atoms with E-state index < -0.39 is 0 Å². The second-order valence-electron chi connectivity index (χ2n) is 2.07. The zero-order valence-corrected chi connectivity index (χ0v) is 6.43. The lowest BCUT2D eigenvalue weighted by Gasteiger charge is -1.90. The average Bonchev–Trinajstić information content (AvgIpc) is 2.55. The number of hydrogen-bond acceptors (Lipinski definition) is 4. The molecular weight excluding hydrogens is 160 g/mol. The predicted octanol–water partition coefficient (Wildman–Crippen LogP) is 1.12. The Balaban J connectivity index is 2.53. The molecule has 56 valence electrons. The van der Waals surface area contributed by atoms with Crippen molar-refractivity contribution >= 4 is 17.0 Å². The van der Waals surface area contributed by atoms with Crippen LogP contribution < -0.4 is 5.73 Å². The summed E-state index contributed by atoms with van der Waals surface area (Å²) in [5, 5.41) is 6.61. The zero-order valence-electron chi connectivity index (χ0n) is 5.61. The molecular formula is C6H6N4S. The fraction of sp³-hybridized carbons (Fsp3) is 0. The SMILES string of the molecule is Nc1cn[nH]c1-c1cncs1. The molecule has 0 unspecified atom stereocenters. The molecule has 0 spiro atoms. The van der Waals surface area contributed by atoms with Gasteiger partial charge in [-0.25, -0.2) is 0 Å². The Morgan fingerprint density at radius 2 is 2.36 bits per heavy atom. The molecule has 0 radical (unpaired) electrons. The maximum absolute atomic E-state index is 5.62. The van der Waals surface area contributed by atoms with Crippen molar-refractivity contribution in [2.24, 2.45) is 0 Å². The third kappa shape index (κ3) is 0.988. The van der Waals surface area contributed by atoms with Gasteiger partial charge in [0.2, 0.25) is 0 Å². The van der Waals surface area contributed by atoms with Crippen LogP contribution in [0.1, 0.15) is 0 Å². The lowest BCUT2D eigenvalue weighted by atomic mass is 10.3. The molecule has 4 nitrogen and oxygen atoms in total. The molecule has 2 heterocycles. The van der Waals surface area contributed by atoms with Crippen LogP contribution in [0, 0.1) is 0 Å². The quantitative estimate of drug-likeness (QED) is 0.667. The van der Waals surface area contributed by atoms with Gasteiger partial charge >= 0.3 is 0 Å². The van der Waals surface area contributed by atoms with Crippen molar-refractivity contribution in [3.63, 3.8) is 0 Å². The van der Waals surface area contributed by atoms with E-state index in [1.54, 1.807) is 17.9 Å². The Hall–Kier alpha value is -1.36. The first kappa shape index (κ1) is 6.36. The maximum atomic E-state index is 5.62. The highest BCUT2D eigenvalue weighted by molar-refractivity contribution is 7.13. The van der Waals surface area contributed by atoms with Crippen molar-refractivity contribution in [1.29, 1.82) is 0 Å². The normalized spacial score (nSPS) is 10.2. The second-order valence-corrected chi connectivity index (χ2v) is 2.95. The molecule has 3 N–H and O–H groups in total. The van der Waals surface area contributed by atoms with Gasteiger partial charge in [-0.1, -0.05) is 0 Å². The smallest absolute Gasteiger partial charge is 0.0995 e. The van der Waals surface area contributed by atoms with Crippen LogP contribution in [0.5, 0.6) is 0 Å². The summed E-state index contributed by atoms with van der Waals surface area (Å²) >= 11 is 1.53. The Bertz CT molecular complexity index is 337. The molecule has 2 aromatic rings. The molecule has 0 saturated carbocycles. The molecule has 0 fully saturated rings. The van der Waals surface area contributed by atoms with Crippen molar-refractivity contribution in [1.82, 2.24) is 15.2 Å². The number of aromatic amines is 1. The molecule has 11 heavy (non-hydrogen) atoms. The van der Waals surface area contributed by atoms with Crippen LogP contribution in [0.4, 0.5) is 5.69 Å². The van der Waals surface area contributed by atoms with Gasteiger partial charge in [0, 0.05) is 6.20 Å². The number of rotatable bonds is 1. The molecule has 0 bridgehead atoms. The molecule has 2 rings (SSSR count). The summed E-state index contributed by atoms with van der Waals surface area (Å²) in [6.07, 6.45) is 3.35. The van der Waals surface area contributed by atoms with E-state index in [2.05, 4.69) is 15.2 Å². The fourth-order valence-corrected chi connectivity index (χ4v) is 1.47. The second kappa shape index (κ2) is 2.35. The zero-order chi connectivity index (χ0) is 7.68. The summed E-state index contributed by atoms with van der Waals surface area (Å²) in [6, 6.07) is 0. The molecule has 2 aromatic heterocycles. The van der Waals surface area contributed by atoms with Crippen molar-refractivity contribution in [3.8, 4) is 10.6 Å². The molecule has 5 heteroatoms. The summed E-state index contributed by atoms with van der Waals surface area (Å²) in [4.78, 5) is 4.95. The number of aromatic nitrogens is 3. The average molecular weight is 166 g/mol. The van der Waals surface area contributed by atoms with E-state index >= 15 is 0 Å². The molecule has 0 atom stereocenters. The van der Waals surface area contributed by atoms with E-state index in [9.17, 15) is 0 Å². The van der Waals surface area contributed by atoms with Gasteiger partial charge in [-0.2, -0.15) is 5.10 Å². The van der Waals surface area contributed by atoms with Gasteiger partial charge in [0.1, 0.15) is 0 Å². The monoisotopic (exact) mass is 166 g/mol. The van der Waals surface area contributed by atoms with Gasteiger partial charge in [-0.05, 0) is 0 Å². The van der Waals surface area contributed by atoms with E-state index in [-0.39, 0.29) is 0 Å². The highest BCUT2D eigenvalue weighted by Gasteiger charge is 2.04. The Morgan fingerprint density at radius 1 is 1.45 bits per heavy atom. The van der Waals surface area contributed by atoms with Crippen LogP contribution in [0.2, 0.25) is 0 Å². The van der Waals surface area contributed by atoms with Gasteiger partial charge in [0.15, 0.2) is 0 Å². The van der Waals surface area contributed by atoms with Crippen molar-refractivity contribution in [2.75, 3.05) is 5.73 Å². The van der Waals surface area contributed by atoms with Crippen molar-refractivity contribution in [2.45, 2.75) is 0 Å². The van der Waals surface area contributed by atoms with Crippen molar-refractivity contribution < 1.29 is 0 Å². The maximum Gasteiger partial charge on any atom is 0.0995 e. The number of hydrogen-bond donors (Lipinski definition) is 2. The van der Waals surface area contributed by atoms with Crippen LogP contribution in [0.15, 0.2) is 17.9 Å². The van der Waals surface area contributed by atoms with Gasteiger partial charge in [-0.15, -0.1) is 11.3 Å². The first-order valence-electron chi connectivity index (χ1n) is 3.05. The summed E-state index contributed by atoms with van der Waals surface area (Å²) in [7, 11) is 0. The molecule has 0 aliphatic carbocycles. The van der Waals surface area contributed by atoms with E-state index in [1.807, 2.05) is 0 Å². The number of nitrogens with two attached hydrogens (primary N) is 1. The predicted molar refractivity (Wildman–Crippen MR) is 44.1 cm³/mol. The van der Waals surface area contributed by atoms with Gasteiger partial charge in [0.05, 0.1) is 28.0 Å². The molecule has 0 aliphatic heterocycles. The summed E-state index contributed by atoms with van der Waals surface area (Å²) in [5.41, 5.74) is 8.89. The minimum atomic E-state index is 0.661. The van der Waals surface area contributed by atoms with E-state index in [4.69, 9.17) is 5.73 Å². The van der Waals surface area contributed by atoms with Gasteiger partial charge in [-0.3, -0.25) is 10.1 Å². The van der Waals surface area contributed by atoms with Crippen LogP contribution in [0.3, 0.4) is 0 Å². The number of H-pyrrole nitrogens is 1. The fourth-order valence-electron chi connectivity index (χ4n) is 0.832. The lowest BCUT2D eigenvalue weighted by Crippen LogP contribution is -1.83. The van der Waals surface area contributed by atoms with Gasteiger partial charge in [0.25, 0.3) is 0 Å². The Labute approximate surface area is 67.1 Å². The van der Waals surface area contributed by atoms with Crippen molar-refractivity contribution in [3.05, 3.63) is 17.9 Å². The van der Waals surface area contributed by atoms with E-state index in [0.29, 0.717) is 5.69 Å². The van der Waals surface area contributed by atoms with Gasteiger partial charge < -0.3 is 5.73 Å². The lowest BCUT2D eigenvalue weighted by molar-refractivity contribution is 1.10. The van der Waals surface area contributed by atoms with E-state index in [1.165, 1.54) is 11.3 Å². The standard InChI is InChI=1S/C6H6N4S/c7-4-1-9-10-6(4)5-2-8-3-11-5/h1-3H,7H2,(H,9,10). The summed E-state index contributed by atoms with van der Waals surface area (Å²) in [5.74, 6) is 0. The number of thiazole rings is 1. The largest absolute Gasteiger partial charge is 0.396 e. The van der Waals surface area contributed by atoms with Crippen LogP contribution in [0.25, 0.3) is 10.6 Å².